The van der Waals surface area contributed by atoms with Crippen molar-refractivity contribution < 1.29 is 32.8 Å². The number of hydrogen-bond donors (Lipinski definition) is 4. The van der Waals surface area contributed by atoms with Crippen LogP contribution in [0.1, 0.15) is 199 Å². The molecule has 0 aromatic heterocycles. The number of benzene rings is 2. The second-order valence-electron chi connectivity index (χ2n) is 20.8. The van der Waals surface area contributed by atoms with Crippen LogP contribution in [0.4, 0.5) is 24.6 Å². The summed E-state index contributed by atoms with van der Waals surface area (Å²) < 4.78 is 41.8. The summed E-state index contributed by atoms with van der Waals surface area (Å²) in [5.41, 5.74) is 9.40. The van der Waals surface area contributed by atoms with Crippen LogP contribution in [0.25, 0.3) is 0 Å². The van der Waals surface area contributed by atoms with Gasteiger partial charge >= 0.3 is 0 Å². The minimum Gasteiger partial charge on any atom is -0.396 e. The summed E-state index contributed by atoms with van der Waals surface area (Å²) in [6.07, 6.45) is 18.6. The lowest BCUT2D eigenvalue weighted by molar-refractivity contribution is -0.125. The molecule has 2 unspecified atom stereocenters. The molecule has 2 heterocycles. The van der Waals surface area contributed by atoms with E-state index in [1.807, 2.05) is 39.7 Å². The van der Waals surface area contributed by atoms with Crippen LogP contribution >= 0.6 is 0 Å². The summed E-state index contributed by atoms with van der Waals surface area (Å²) in [6.45, 7) is 36.7. The lowest BCUT2D eigenvalue weighted by Crippen LogP contribution is -2.52. The van der Waals surface area contributed by atoms with Gasteiger partial charge < -0.3 is 20.6 Å². The molecule has 3 aliphatic rings. The third-order valence-corrected chi connectivity index (χ3v) is 14.8. The van der Waals surface area contributed by atoms with Gasteiger partial charge in [-0.25, -0.2) is 19.4 Å². The molecule has 1 aliphatic carbocycles. The molecule has 2 aliphatic heterocycles. The first-order chi connectivity index (χ1) is 38.4. The van der Waals surface area contributed by atoms with Gasteiger partial charge in [-0.2, -0.15) is 0 Å². The van der Waals surface area contributed by atoms with E-state index in [0.717, 1.165) is 54.3 Å². The zero-order valence-corrected chi connectivity index (χ0v) is 52.3. The van der Waals surface area contributed by atoms with E-state index in [2.05, 4.69) is 92.6 Å². The molecule has 2 atom stereocenters. The minimum atomic E-state index is -0.653. The van der Waals surface area contributed by atoms with Crippen molar-refractivity contribution in [3.8, 4) is 0 Å². The number of fused-ring (bicyclic) bond motifs is 2. The highest BCUT2D eigenvalue weighted by atomic mass is 19.2. The van der Waals surface area contributed by atoms with E-state index >= 15 is 0 Å². The third-order valence-electron chi connectivity index (χ3n) is 14.8. The van der Waals surface area contributed by atoms with Gasteiger partial charge in [0.1, 0.15) is 17.7 Å². The number of hydroxylamine groups is 1. The Labute approximate surface area is 481 Å². The Morgan fingerprint density at radius 2 is 1.50 bits per heavy atom. The maximum absolute atomic E-state index is 14.4. The molecule has 80 heavy (non-hydrogen) atoms. The Hall–Kier alpha value is -5.09. The van der Waals surface area contributed by atoms with Gasteiger partial charge in [-0.3, -0.25) is 29.1 Å². The van der Waals surface area contributed by atoms with Crippen LogP contribution in [-0.2, 0) is 21.5 Å². The number of nitrogens with zero attached hydrogens (tertiary/aromatic N) is 4. The topological polar surface area (TPSA) is 139 Å². The molecular weight excluding hydrogens is 1020 g/mol. The first kappa shape index (κ1) is 72.9. The van der Waals surface area contributed by atoms with Gasteiger partial charge in [-0.05, 0) is 183 Å². The van der Waals surface area contributed by atoms with Crippen molar-refractivity contribution in [1.29, 1.82) is 0 Å². The maximum atomic E-state index is 14.4. The fourth-order valence-corrected chi connectivity index (χ4v) is 10.5. The van der Waals surface area contributed by atoms with Crippen LogP contribution < -0.4 is 26.7 Å². The van der Waals surface area contributed by atoms with E-state index in [4.69, 9.17) is 4.84 Å². The van der Waals surface area contributed by atoms with Crippen molar-refractivity contribution >= 4 is 29.3 Å². The fraction of sp³-hybridized carbons (Fsp3) is 0.631. The first-order valence-corrected chi connectivity index (χ1v) is 30.0. The summed E-state index contributed by atoms with van der Waals surface area (Å²) in [4.78, 5) is 48.8. The van der Waals surface area contributed by atoms with Gasteiger partial charge in [0.25, 0.3) is 0 Å². The second kappa shape index (κ2) is 39.4. The Balaban J connectivity index is 0.000000573. The lowest BCUT2D eigenvalue weighted by atomic mass is 9.85. The van der Waals surface area contributed by atoms with Crippen molar-refractivity contribution in [2.45, 2.75) is 197 Å². The number of amides is 1. The number of aliphatic imine (C=N–C) groups is 1. The number of aryl methyl sites for hydroxylation is 2. The number of nitrogens with one attached hydrogen (secondary N) is 3. The van der Waals surface area contributed by atoms with Crippen LogP contribution in [0.2, 0.25) is 0 Å². The Morgan fingerprint density at radius 3 is 1.93 bits per heavy atom. The van der Waals surface area contributed by atoms with E-state index in [0.29, 0.717) is 50.9 Å². The number of carbonyl (C=O) groups is 2. The summed E-state index contributed by atoms with van der Waals surface area (Å²) >= 11 is 0. The van der Waals surface area contributed by atoms with Crippen LogP contribution in [0.3, 0.4) is 0 Å². The largest absolute Gasteiger partial charge is 0.396 e. The predicted molar refractivity (Wildman–Crippen MR) is 331 cm³/mol. The van der Waals surface area contributed by atoms with Crippen molar-refractivity contribution in [2.24, 2.45) is 10.9 Å². The number of carbonyl (C=O) groups excluding carboxylic acids is 2. The minimum absolute atomic E-state index is 0.0496. The zero-order valence-electron chi connectivity index (χ0n) is 52.3. The molecule has 15 heteroatoms. The number of allylic oxidation sites excluding steroid dienone is 2. The number of halogens is 3. The molecule has 1 spiro atoms. The van der Waals surface area contributed by atoms with Crippen molar-refractivity contribution in [2.75, 3.05) is 77.4 Å². The SMILES string of the molecule is C=C(/C=C(\C)CN1CCC(c2c(F)cc(C(C)=O)cc2F)CC1)/C(=C\C=NC)NF.CC.CC.CCCC(CCC)CN(CCC)CCC.CCc1cc2c(cc1C)N(C(CCCO)C(=O)NC)OC(C)C21CC1.CNc1cc1=O. The van der Waals surface area contributed by atoms with E-state index in [9.17, 15) is 32.8 Å². The Bertz CT molecular complexity index is 2330. The molecule has 1 amide bonds. The zero-order chi connectivity index (χ0) is 60.5. The standard InChI is InChI=1S/C23H28F3N3O.C20H30N2O3.C14H31N.C4H5NO.2C2H6/c1-15(11-16(2)22(28-26)5-8-27-4)14-29-9-6-18(7-10-29)23-20(24)12-19(17(3)30)13-21(23)25;1-5-15-12-16-18(11-13(15)2)22(25-14(3)20(16)8-9-20)17(7-6-10-23)19(24)21-4;1-5-9-14(10-6-2)13-15(11-7-3)12-8-4;1-5-3-2-4(3)6;2*1-2/h5,8,11-13,18,28H,2,6-7,9-10,14H2,1,3-4H3;11-12,14,17,23H,5-10H2,1-4H3,(H,21,24);14H,5-13H2,1-4H3;2,5H,1H3;2*1-2H3/b15-11+,22-5+,27-8?;;;;;. The molecule has 0 radical (unpaired) electrons. The number of piperidine rings is 1. The van der Waals surface area contributed by atoms with Crippen molar-refractivity contribution in [1.82, 2.24) is 20.7 Å². The molecule has 3 aromatic rings. The average Bonchev–Trinajstić information content (AvgIpc) is 4.48. The predicted octanol–water partition coefficient (Wildman–Crippen LogP) is 13.9. The van der Waals surface area contributed by atoms with Gasteiger partial charge in [-0.15, -0.1) is 4.48 Å². The number of hydrogen-bond acceptors (Lipinski definition) is 11. The van der Waals surface area contributed by atoms with Crippen LogP contribution in [0.15, 0.2) is 75.7 Å². The quantitative estimate of drug-likeness (QED) is 0.0281. The molecule has 4 N–H and O–H groups in total. The summed E-state index contributed by atoms with van der Waals surface area (Å²) in [6, 6.07) is 7.88. The monoisotopic (exact) mass is 1120 g/mol. The van der Waals surface area contributed by atoms with Crippen LogP contribution in [-0.4, -0.2) is 112 Å². The van der Waals surface area contributed by atoms with Gasteiger partial charge in [0.2, 0.25) is 11.3 Å². The van der Waals surface area contributed by atoms with Gasteiger partial charge in [0, 0.05) is 69.7 Å². The number of anilines is 2. The highest BCUT2D eigenvalue weighted by molar-refractivity contribution is 5.94. The molecule has 1 saturated carbocycles. The molecule has 2 fully saturated rings. The second-order valence-corrected chi connectivity index (χ2v) is 20.8. The number of Topliss-reactive ketones (excluding diaryl/α,β-unsaturated/α-hetero) is 1. The average molecular weight is 1120 g/mol. The van der Waals surface area contributed by atoms with E-state index < -0.39 is 17.7 Å². The normalized spacial score (nSPS) is 16.2. The van der Waals surface area contributed by atoms with Crippen molar-refractivity contribution in [3.05, 3.63) is 116 Å². The number of rotatable bonds is 25. The van der Waals surface area contributed by atoms with Gasteiger partial charge in [0.15, 0.2) is 5.78 Å². The van der Waals surface area contributed by atoms with E-state index in [1.54, 1.807) is 38.8 Å². The van der Waals surface area contributed by atoms with Gasteiger partial charge in [0.05, 0.1) is 23.2 Å². The highest BCUT2D eigenvalue weighted by Gasteiger charge is 2.55. The molecule has 0 bridgehead atoms. The van der Waals surface area contributed by atoms with Crippen molar-refractivity contribution in [3.63, 3.8) is 0 Å². The van der Waals surface area contributed by atoms with E-state index in [1.165, 1.54) is 94.1 Å². The molecule has 1 saturated heterocycles. The molecular formula is C65H106F3N7O5. The lowest BCUT2D eigenvalue weighted by Gasteiger charge is -2.43. The summed E-state index contributed by atoms with van der Waals surface area (Å²) in [5.74, 6) is -1.02. The number of likely N-dealkylation sites (N-methyl/N-ethyl adjacent to an activating group) is 1. The molecule has 3 aromatic carbocycles. The van der Waals surface area contributed by atoms with Gasteiger partial charge in [-0.1, -0.05) is 99.4 Å². The van der Waals surface area contributed by atoms with Crippen LogP contribution in [0.5, 0.6) is 0 Å². The summed E-state index contributed by atoms with van der Waals surface area (Å²) in [5, 5.41) is 16.5. The number of likely N-dealkylation sites (tertiary alicyclic amines) is 1. The summed E-state index contributed by atoms with van der Waals surface area (Å²) in [7, 11) is 4.97. The third kappa shape index (κ3) is 23.0. The smallest absolute Gasteiger partial charge is 0.245 e. The number of aliphatic hydroxyl groups excluding tert-OH is 1. The fourth-order valence-electron chi connectivity index (χ4n) is 10.5. The molecule has 452 valence electrons. The highest BCUT2D eigenvalue weighted by Crippen LogP contribution is 2.58. The molecule has 12 nitrogen and oxygen atoms in total. The number of ketones is 1. The van der Waals surface area contributed by atoms with E-state index in [-0.39, 0.29) is 58.0 Å². The first-order valence-electron chi connectivity index (χ1n) is 30.0. The Morgan fingerprint density at radius 1 is 0.925 bits per heavy atom. The maximum Gasteiger partial charge on any atom is 0.245 e. The molecule has 6 rings (SSSR count). The number of aliphatic hydroxyl groups is 1. The Kier molecular flexibility index (Phi) is 35.9. The van der Waals surface area contributed by atoms with Crippen LogP contribution in [0, 0.1) is 24.5 Å².